The molecule has 0 saturated heterocycles. The van der Waals surface area contributed by atoms with Crippen molar-refractivity contribution in [3.05, 3.63) is 58.9 Å². The Morgan fingerprint density at radius 2 is 1.92 bits per heavy atom. The summed E-state index contributed by atoms with van der Waals surface area (Å²) in [6, 6.07) is 10.6. The van der Waals surface area contributed by atoms with Crippen LogP contribution in [0.1, 0.15) is 18.4 Å². The molecule has 1 aliphatic heterocycles. The third-order valence-electron chi connectivity index (χ3n) is 3.80. The van der Waals surface area contributed by atoms with E-state index in [4.69, 9.17) is 11.6 Å². The van der Waals surface area contributed by atoms with E-state index < -0.39 is 5.91 Å². The highest BCUT2D eigenvalue weighted by Crippen LogP contribution is 2.26. The van der Waals surface area contributed by atoms with E-state index in [-0.39, 0.29) is 30.3 Å². The van der Waals surface area contributed by atoms with Gasteiger partial charge in [-0.1, -0.05) is 17.7 Å². The number of nitrogens with one attached hydrogen (secondary N) is 1. The molecule has 0 unspecified atom stereocenters. The summed E-state index contributed by atoms with van der Waals surface area (Å²) in [6.45, 7) is 1.86. The number of hydrogen-bond donors (Lipinski definition) is 1. The summed E-state index contributed by atoms with van der Waals surface area (Å²) in [5.74, 6) is -1.03. The number of hydrogen-bond acceptors (Lipinski definition) is 3. The van der Waals surface area contributed by atoms with Crippen LogP contribution in [0.5, 0.6) is 0 Å². The van der Waals surface area contributed by atoms with Crippen LogP contribution in [0.25, 0.3) is 0 Å². The van der Waals surface area contributed by atoms with E-state index in [2.05, 4.69) is 10.4 Å². The van der Waals surface area contributed by atoms with E-state index in [1.807, 2.05) is 6.92 Å². The number of aryl methyl sites for hydroxylation is 1. The van der Waals surface area contributed by atoms with Gasteiger partial charge in [0.1, 0.15) is 11.5 Å². The van der Waals surface area contributed by atoms with Crippen LogP contribution in [0.2, 0.25) is 5.02 Å². The fraction of sp³-hybridized carbons (Fsp3) is 0.167. The lowest BCUT2D eigenvalue weighted by molar-refractivity contribution is -0.118. The highest BCUT2D eigenvalue weighted by atomic mass is 35.5. The molecular formula is C18H15ClFN3O2. The highest BCUT2D eigenvalue weighted by Gasteiger charge is 2.26. The molecule has 0 aliphatic carbocycles. The number of carbonyl (C=O) groups excluding carboxylic acids is 2. The standard InChI is InChI=1S/C18H15ClFN3O2/c1-11-2-7-14(10-15(11)19)23-17(24)9-8-16(22-23)18(25)21-13-5-3-12(20)4-6-13/h2-7,10H,8-9H2,1H3,(H,21,25). The Morgan fingerprint density at radius 1 is 1.20 bits per heavy atom. The molecule has 1 aliphatic rings. The van der Waals surface area contributed by atoms with E-state index in [0.29, 0.717) is 16.4 Å². The van der Waals surface area contributed by atoms with Crippen molar-refractivity contribution in [2.24, 2.45) is 5.10 Å². The average Bonchev–Trinajstić information content (AvgIpc) is 2.60. The fourth-order valence-electron chi connectivity index (χ4n) is 2.37. The van der Waals surface area contributed by atoms with Gasteiger partial charge in [-0.25, -0.2) is 9.40 Å². The summed E-state index contributed by atoms with van der Waals surface area (Å²) >= 11 is 6.10. The van der Waals surface area contributed by atoms with Crippen molar-refractivity contribution in [2.75, 3.05) is 10.3 Å². The van der Waals surface area contributed by atoms with Gasteiger partial charge in [-0.05, 0) is 48.9 Å². The molecule has 128 valence electrons. The van der Waals surface area contributed by atoms with Gasteiger partial charge in [0.2, 0.25) is 5.91 Å². The second kappa shape index (κ2) is 7.03. The third kappa shape index (κ3) is 3.85. The summed E-state index contributed by atoms with van der Waals surface area (Å²) in [6.07, 6.45) is 0.406. The van der Waals surface area contributed by atoms with Crippen molar-refractivity contribution in [1.29, 1.82) is 0 Å². The number of carbonyl (C=O) groups is 2. The van der Waals surface area contributed by atoms with E-state index in [1.165, 1.54) is 29.3 Å². The Labute approximate surface area is 149 Å². The minimum absolute atomic E-state index is 0.168. The van der Waals surface area contributed by atoms with Crippen molar-refractivity contribution >= 4 is 40.5 Å². The summed E-state index contributed by atoms with van der Waals surface area (Å²) < 4.78 is 12.9. The van der Waals surface area contributed by atoms with Crippen LogP contribution in [0, 0.1) is 12.7 Å². The van der Waals surface area contributed by atoms with Crippen molar-refractivity contribution in [1.82, 2.24) is 0 Å². The zero-order valence-electron chi connectivity index (χ0n) is 13.4. The van der Waals surface area contributed by atoms with Gasteiger partial charge in [-0.2, -0.15) is 5.10 Å². The average molecular weight is 360 g/mol. The molecule has 7 heteroatoms. The van der Waals surface area contributed by atoms with Gasteiger partial charge in [0, 0.05) is 23.6 Å². The Balaban J connectivity index is 1.83. The molecule has 3 rings (SSSR count). The minimum Gasteiger partial charge on any atom is -0.321 e. The summed E-state index contributed by atoms with van der Waals surface area (Å²) in [5, 5.41) is 8.52. The molecule has 2 aromatic rings. The summed E-state index contributed by atoms with van der Waals surface area (Å²) in [7, 11) is 0. The van der Waals surface area contributed by atoms with Crippen LogP contribution in [0.4, 0.5) is 15.8 Å². The summed E-state index contributed by atoms with van der Waals surface area (Å²) in [5.41, 5.74) is 2.07. The SMILES string of the molecule is Cc1ccc(N2N=C(C(=O)Nc3ccc(F)cc3)CCC2=O)cc1Cl. The second-order valence-electron chi connectivity index (χ2n) is 5.65. The molecule has 1 N–H and O–H groups in total. The Hall–Kier alpha value is -2.73. The number of benzene rings is 2. The lowest BCUT2D eigenvalue weighted by Crippen LogP contribution is -2.36. The molecule has 25 heavy (non-hydrogen) atoms. The molecule has 0 aromatic heterocycles. The van der Waals surface area contributed by atoms with Crippen LogP contribution in [0.3, 0.4) is 0 Å². The van der Waals surface area contributed by atoms with Crippen molar-refractivity contribution in [3.63, 3.8) is 0 Å². The maximum Gasteiger partial charge on any atom is 0.271 e. The Kier molecular flexibility index (Phi) is 4.81. The maximum atomic E-state index is 12.9. The maximum absolute atomic E-state index is 12.9. The molecule has 0 atom stereocenters. The number of amides is 2. The molecule has 2 aromatic carbocycles. The monoisotopic (exact) mass is 359 g/mol. The molecule has 1 heterocycles. The van der Waals surface area contributed by atoms with Gasteiger partial charge in [0.15, 0.2) is 0 Å². The van der Waals surface area contributed by atoms with Gasteiger partial charge in [0.25, 0.3) is 5.91 Å². The highest BCUT2D eigenvalue weighted by molar-refractivity contribution is 6.44. The molecule has 0 spiro atoms. The number of halogens is 2. The normalized spacial score (nSPS) is 14.3. The number of hydrazone groups is 1. The van der Waals surface area contributed by atoms with Gasteiger partial charge in [0.05, 0.1) is 5.69 Å². The molecule has 0 fully saturated rings. The number of nitrogens with zero attached hydrogens (tertiary/aromatic N) is 2. The second-order valence-corrected chi connectivity index (χ2v) is 6.05. The first-order valence-electron chi connectivity index (χ1n) is 7.67. The summed E-state index contributed by atoms with van der Waals surface area (Å²) in [4.78, 5) is 24.5. The van der Waals surface area contributed by atoms with Gasteiger partial charge >= 0.3 is 0 Å². The number of rotatable bonds is 3. The minimum atomic E-state index is -0.428. The predicted octanol–water partition coefficient (Wildman–Crippen LogP) is 3.91. The van der Waals surface area contributed by atoms with Crippen LogP contribution < -0.4 is 10.3 Å². The lowest BCUT2D eigenvalue weighted by atomic mass is 10.1. The lowest BCUT2D eigenvalue weighted by Gasteiger charge is -2.23. The quantitative estimate of drug-likeness (QED) is 0.903. The van der Waals surface area contributed by atoms with E-state index in [1.54, 1.807) is 18.2 Å². The fourth-order valence-corrected chi connectivity index (χ4v) is 2.54. The number of anilines is 2. The molecule has 0 saturated carbocycles. The first kappa shape index (κ1) is 17.1. The first-order valence-corrected chi connectivity index (χ1v) is 8.05. The first-order chi connectivity index (χ1) is 11.9. The molecule has 0 bridgehead atoms. The molecule has 5 nitrogen and oxygen atoms in total. The molecule has 0 radical (unpaired) electrons. The van der Waals surface area contributed by atoms with Gasteiger partial charge in [-0.15, -0.1) is 0 Å². The van der Waals surface area contributed by atoms with Crippen molar-refractivity contribution < 1.29 is 14.0 Å². The van der Waals surface area contributed by atoms with E-state index >= 15 is 0 Å². The van der Waals surface area contributed by atoms with Crippen LogP contribution >= 0.6 is 11.6 Å². The van der Waals surface area contributed by atoms with Crippen molar-refractivity contribution in [2.45, 2.75) is 19.8 Å². The Bertz CT molecular complexity index is 865. The zero-order chi connectivity index (χ0) is 18.0. The largest absolute Gasteiger partial charge is 0.321 e. The van der Waals surface area contributed by atoms with E-state index in [0.717, 1.165) is 5.56 Å². The smallest absolute Gasteiger partial charge is 0.271 e. The molecular weight excluding hydrogens is 345 g/mol. The zero-order valence-corrected chi connectivity index (χ0v) is 14.2. The van der Waals surface area contributed by atoms with Gasteiger partial charge < -0.3 is 5.32 Å². The third-order valence-corrected chi connectivity index (χ3v) is 4.20. The van der Waals surface area contributed by atoms with Gasteiger partial charge in [-0.3, -0.25) is 9.59 Å². The van der Waals surface area contributed by atoms with Crippen LogP contribution in [-0.4, -0.2) is 17.5 Å². The predicted molar refractivity (Wildman–Crippen MR) is 95.4 cm³/mol. The Morgan fingerprint density at radius 3 is 2.60 bits per heavy atom. The van der Waals surface area contributed by atoms with E-state index in [9.17, 15) is 14.0 Å². The van der Waals surface area contributed by atoms with Crippen LogP contribution in [0.15, 0.2) is 47.6 Å². The topological polar surface area (TPSA) is 61.8 Å². The van der Waals surface area contributed by atoms with Crippen molar-refractivity contribution in [3.8, 4) is 0 Å². The molecule has 2 amide bonds. The van der Waals surface area contributed by atoms with Crippen LogP contribution in [-0.2, 0) is 9.59 Å².